The van der Waals surface area contributed by atoms with Gasteiger partial charge in [0.25, 0.3) is 0 Å². The Labute approximate surface area is 72.2 Å². The molecule has 0 aliphatic heterocycles. The molecule has 2 N–H and O–H groups in total. The number of rotatable bonds is 3. The summed E-state index contributed by atoms with van der Waals surface area (Å²) in [4.78, 5) is 1.45. The second-order valence-corrected chi connectivity index (χ2v) is 4.11. The van der Waals surface area contributed by atoms with Gasteiger partial charge in [-0.1, -0.05) is 13.0 Å². The van der Waals surface area contributed by atoms with Gasteiger partial charge in [0.2, 0.25) is 0 Å². The van der Waals surface area contributed by atoms with Crippen LogP contribution in [0.2, 0.25) is 0 Å². The van der Waals surface area contributed by atoms with Crippen LogP contribution < -0.4 is 5.73 Å². The predicted molar refractivity (Wildman–Crippen MR) is 51.0 cm³/mol. The molecule has 1 aromatic heterocycles. The van der Waals surface area contributed by atoms with E-state index in [1.807, 2.05) is 11.3 Å². The third-order valence-corrected chi connectivity index (χ3v) is 2.86. The highest BCUT2D eigenvalue weighted by molar-refractivity contribution is 7.10. The summed E-state index contributed by atoms with van der Waals surface area (Å²) in [6.07, 6.45) is 1.08. The van der Waals surface area contributed by atoms with Crippen LogP contribution in [-0.2, 0) is 0 Å². The van der Waals surface area contributed by atoms with Crippen molar-refractivity contribution in [1.29, 1.82) is 0 Å². The third-order valence-electron chi connectivity index (χ3n) is 1.75. The van der Waals surface area contributed by atoms with Crippen LogP contribution >= 0.6 is 11.3 Å². The second kappa shape index (κ2) is 3.88. The second-order valence-electron chi connectivity index (χ2n) is 3.13. The van der Waals surface area contributed by atoms with Crippen molar-refractivity contribution in [3.05, 3.63) is 22.4 Å². The number of hydrogen-bond acceptors (Lipinski definition) is 2. The maximum Gasteiger partial charge on any atom is 0.00740 e. The molecule has 0 saturated heterocycles. The SMILES string of the molecule is CC(N)CC(C)c1cccs1. The van der Waals surface area contributed by atoms with Crippen molar-refractivity contribution in [3.63, 3.8) is 0 Å². The van der Waals surface area contributed by atoms with Gasteiger partial charge in [-0.25, -0.2) is 0 Å². The average Bonchev–Trinajstić information content (AvgIpc) is 2.35. The van der Waals surface area contributed by atoms with Crippen LogP contribution in [0.1, 0.15) is 31.1 Å². The first-order valence-corrected chi connectivity index (χ1v) is 4.87. The lowest BCUT2D eigenvalue weighted by molar-refractivity contribution is 0.592. The zero-order valence-corrected chi connectivity index (χ0v) is 7.90. The minimum atomic E-state index is 0.312. The molecule has 0 fully saturated rings. The molecule has 0 bridgehead atoms. The van der Waals surface area contributed by atoms with E-state index in [4.69, 9.17) is 5.73 Å². The fourth-order valence-corrected chi connectivity index (χ4v) is 2.05. The van der Waals surface area contributed by atoms with E-state index in [-0.39, 0.29) is 0 Å². The van der Waals surface area contributed by atoms with Crippen LogP contribution in [0.25, 0.3) is 0 Å². The lowest BCUT2D eigenvalue weighted by Gasteiger charge is -2.11. The van der Waals surface area contributed by atoms with E-state index in [0.29, 0.717) is 12.0 Å². The summed E-state index contributed by atoms with van der Waals surface area (Å²) in [6, 6.07) is 4.59. The standard InChI is InChI=1S/C9H15NS/c1-7(6-8(2)10)9-4-3-5-11-9/h3-5,7-8H,6,10H2,1-2H3. The summed E-state index contributed by atoms with van der Waals surface area (Å²) in [5.41, 5.74) is 5.70. The van der Waals surface area contributed by atoms with E-state index in [9.17, 15) is 0 Å². The molecule has 2 atom stereocenters. The van der Waals surface area contributed by atoms with Crippen LogP contribution in [0.4, 0.5) is 0 Å². The Morgan fingerprint density at radius 2 is 2.27 bits per heavy atom. The normalized spacial score (nSPS) is 16.3. The van der Waals surface area contributed by atoms with Gasteiger partial charge in [-0.2, -0.15) is 0 Å². The molecule has 0 saturated carbocycles. The Morgan fingerprint density at radius 1 is 1.55 bits per heavy atom. The fourth-order valence-electron chi connectivity index (χ4n) is 1.25. The molecule has 0 amide bonds. The van der Waals surface area contributed by atoms with Gasteiger partial charge in [-0.15, -0.1) is 11.3 Å². The Bertz CT molecular complexity index is 191. The Morgan fingerprint density at radius 3 is 2.73 bits per heavy atom. The van der Waals surface area contributed by atoms with Crippen LogP contribution in [0, 0.1) is 0 Å². The molecule has 0 aliphatic rings. The molecule has 0 radical (unpaired) electrons. The summed E-state index contributed by atoms with van der Waals surface area (Å²) in [7, 11) is 0. The Hall–Kier alpha value is -0.340. The van der Waals surface area contributed by atoms with E-state index < -0.39 is 0 Å². The molecule has 11 heavy (non-hydrogen) atoms. The highest BCUT2D eigenvalue weighted by Crippen LogP contribution is 2.24. The molecule has 1 rings (SSSR count). The fraction of sp³-hybridized carbons (Fsp3) is 0.556. The number of nitrogens with two attached hydrogens (primary N) is 1. The van der Waals surface area contributed by atoms with Crippen molar-refractivity contribution >= 4 is 11.3 Å². The van der Waals surface area contributed by atoms with Gasteiger partial charge in [-0.3, -0.25) is 0 Å². The predicted octanol–water partition coefficient (Wildman–Crippen LogP) is 2.59. The third kappa shape index (κ3) is 2.64. The van der Waals surface area contributed by atoms with Gasteiger partial charge < -0.3 is 5.73 Å². The lowest BCUT2D eigenvalue weighted by Crippen LogP contribution is -2.16. The summed E-state index contributed by atoms with van der Waals surface area (Å²) >= 11 is 1.82. The quantitative estimate of drug-likeness (QED) is 0.739. The Kier molecular flexibility index (Phi) is 3.09. The maximum atomic E-state index is 5.70. The van der Waals surface area contributed by atoms with Crippen molar-refractivity contribution < 1.29 is 0 Å². The van der Waals surface area contributed by atoms with Crippen LogP contribution in [0.3, 0.4) is 0 Å². The lowest BCUT2D eigenvalue weighted by atomic mass is 10.0. The van der Waals surface area contributed by atoms with Gasteiger partial charge in [0.15, 0.2) is 0 Å². The van der Waals surface area contributed by atoms with Gasteiger partial charge >= 0.3 is 0 Å². The van der Waals surface area contributed by atoms with E-state index in [1.165, 1.54) is 4.88 Å². The smallest absolute Gasteiger partial charge is 0.00740 e. The average molecular weight is 169 g/mol. The molecule has 0 aliphatic carbocycles. The highest BCUT2D eigenvalue weighted by Gasteiger charge is 2.07. The van der Waals surface area contributed by atoms with Crippen molar-refractivity contribution in [1.82, 2.24) is 0 Å². The highest BCUT2D eigenvalue weighted by atomic mass is 32.1. The minimum absolute atomic E-state index is 0.312. The number of thiophene rings is 1. The topological polar surface area (TPSA) is 26.0 Å². The zero-order chi connectivity index (χ0) is 8.27. The molecule has 0 spiro atoms. The summed E-state index contributed by atoms with van der Waals surface area (Å²) in [5.74, 6) is 0.620. The summed E-state index contributed by atoms with van der Waals surface area (Å²) in [5, 5.41) is 2.12. The molecule has 1 heterocycles. The van der Waals surface area contributed by atoms with Crippen LogP contribution in [0.5, 0.6) is 0 Å². The van der Waals surface area contributed by atoms with Crippen LogP contribution in [-0.4, -0.2) is 6.04 Å². The molecule has 1 nitrogen and oxygen atoms in total. The minimum Gasteiger partial charge on any atom is -0.328 e. The first-order chi connectivity index (χ1) is 5.20. The molecular weight excluding hydrogens is 154 g/mol. The molecule has 0 aromatic carbocycles. The first-order valence-electron chi connectivity index (χ1n) is 3.99. The molecule has 1 aromatic rings. The van der Waals surface area contributed by atoms with Crippen molar-refractivity contribution in [3.8, 4) is 0 Å². The van der Waals surface area contributed by atoms with Crippen molar-refractivity contribution in [2.75, 3.05) is 0 Å². The first kappa shape index (κ1) is 8.75. The van der Waals surface area contributed by atoms with Gasteiger partial charge in [-0.05, 0) is 30.7 Å². The van der Waals surface area contributed by atoms with Gasteiger partial charge in [0, 0.05) is 10.9 Å². The monoisotopic (exact) mass is 169 g/mol. The molecular formula is C9H15NS. The zero-order valence-electron chi connectivity index (χ0n) is 7.08. The molecule has 2 heteroatoms. The van der Waals surface area contributed by atoms with E-state index in [2.05, 4.69) is 31.4 Å². The maximum absolute atomic E-state index is 5.70. The van der Waals surface area contributed by atoms with Crippen molar-refractivity contribution in [2.45, 2.75) is 32.2 Å². The molecule has 2 unspecified atom stereocenters. The van der Waals surface area contributed by atoms with Gasteiger partial charge in [0.05, 0.1) is 0 Å². The van der Waals surface area contributed by atoms with E-state index in [1.54, 1.807) is 0 Å². The van der Waals surface area contributed by atoms with E-state index in [0.717, 1.165) is 6.42 Å². The Balaban J connectivity index is 2.49. The van der Waals surface area contributed by atoms with E-state index >= 15 is 0 Å². The van der Waals surface area contributed by atoms with Crippen molar-refractivity contribution in [2.24, 2.45) is 5.73 Å². The largest absolute Gasteiger partial charge is 0.328 e. The van der Waals surface area contributed by atoms with Gasteiger partial charge in [0.1, 0.15) is 0 Å². The summed E-state index contributed by atoms with van der Waals surface area (Å²) in [6.45, 7) is 4.29. The summed E-state index contributed by atoms with van der Waals surface area (Å²) < 4.78 is 0. The van der Waals surface area contributed by atoms with Crippen LogP contribution in [0.15, 0.2) is 17.5 Å². The molecule has 62 valence electrons. The number of hydrogen-bond donors (Lipinski definition) is 1.